The normalized spacial score (nSPS) is 22.1. The molecule has 1 aliphatic rings. The molecule has 0 bridgehead atoms. The van der Waals surface area contributed by atoms with E-state index in [-0.39, 0.29) is 6.04 Å². The molecule has 1 aliphatic heterocycles. The standard InChI is InChI=1S/C11H22F3N3/c1-9(2)10(15)7-16-3-5-17(6-4-16)8-11(12,13)14/h9-10H,3-8,15H2,1-2H3. The van der Waals surface area contributed by atoms with Crippen molar-refractivity contribution >= 4 is 0 Å². The van der Waals surface area contributed by atoms with Gasteiger partial charge in [0, 0.05) is 38.8 Å². The van der Waals surface area contributed by atoms with Crippen molar-refractivity contribution in [1.82, 2.24) is 9.80 Å². The molecule has 0 saturated carbocycles. The van der Waals surface area contributed by atoms with E-state index in [0.717, 1.165) is 6.54 Å². The SMILES string of the molecule is CC(C)C(N)CN1CCN(CC(F)(F)F)CC1. The first-order chi connectivity index (χ1) is 7.78. The van der Waals surface area contributed by atoms with Crippen molar-refractivity contribution in [3.05, 3.63) is 0 Å². The Balaban J connectivity index is 2.26. The lowest BCUT2D eigenvalue weighted by Crippen LogP contribution is -2.52. The molecule has 1 saturated heterocycles. The van der Waals surface area contributed by atoms with Crippen LogP contribution in [0, 0.1) is 5.92 Å². The van der Waals surface area contributed by atoms with Crippen molar-refractivity contribution in [3.8, 4) is 0 Å². The number of hydrogen-bond acceptors (Lipinski definition) is 3. The van der Waals surface area contributed by atoms with E-state index < -0.39 is 12.7 Å². The summed E-state index contributed by atoms with van der Waals surface area (Å²) in [6.45, 7) is 6.41. The van der Waals surface area contributed by atoms with E-state index in [9.17, 15) is 13.2 Å². The second-order valence-electron chi connectivity index (χ2n) is 5.10. The number of hydrogen-bond donors (Lipinski definition) is 1. The van der Waals surface area contributed by atoms with Crippen LogP contribution in [0.1, 0.15) is 13.8 Å². The second-order valence-corrected chi connectivity index (χ2v) is 5.10. The van der Waals surface area contributed by atoms with Crippen LogP contribution in [-0.4, -0.2) is 61.3 Å². The van der Waals surface area contributed by atoms with Gasteiger partial charge in [0.15, 0.2) is 0 Å². The van der Waals surface area contributed by atoms with Gasteiger partial charge >= 0.3 is 6.18 Å². The lowest BCUT2D eigenvalue weighted by atomic mass is 10.0. The van der Waals surface area contributed by atoms with Crippen molar-refractivity contribution in [2.24, 2.45) is 11.7 Å². The first-order valence-corrected chi connectivity index (χ1v) is 6.05. The quantitative estimate of drug-likeness (QED) is 0.816. The predicted octanol–water partition coefficient (Wildman–Crippen LogP) is 1.15. The molecule has 1 atom stereocenters. The summed E-state index contributed by atoms with van der Waals surface area (Å²) in [6.07, 6.45) is -4.09. The summed E-state index contributed by atoms with van der Waals surface area (Å²) in [6, 6.07) is 0.101. The first-order valence-electron chi connectivity index (χ1n) is 6.05. The van der Waals surface area contributed by atoms with Gasteiger partial charge in [0.1, 0.15) is 0 Å². The molecule has 0 aliphatic carbocycles. The van der Waals surface area contributed by atoms with Crippen molar-refractivity contribution < 1.29 is 13.2 Å². The van der Waals surface area contributed by atoms with Crippen LogP contribution in [0.2, 0.25) is 0 Å². The van der Waals surface area contributed by atoms with Gasteiger partial charge in [-0.2, -0.15) is 13.2 Å². The lowest BCUT2D eigenvalue weighted by Gasteiger charge is -2.36. The average molecular weight is 253 g/mol. The number of rotatable bonds is 4. The molecule has 1 fully saturated rings. The predicted molar refractivity (Wildman–Crippen MR) is 61.7 cm³/mol. The van der Waals surface area contributed by atoms with Crippen LogP contribution < -0.4 is 5.73 Å². The summed E-state index contributed by atoms with van der Waals surface area (Å²) in [5, 5.41) is 0. The van der Waals surface area contributed by atoms with Crippen molar-refractivity contribution in [2.45, 2.75) is 26.1 Å². The lowest BCUT2D eigenvalue weighted by molar-refractivity contribution is -0.149. The number of piperazine rings is 1. The summed E-state index contributed by atoms with van der Waals surface area (Å²) in [4.78, 5) is 3.61. The molecule has 0 spiro atoms. The fraction of sp³-hybridized carbons (Fsp3) is 1.00. The van der Waals surface area contributed by atoms with E-state index in [1.165, 1.54) is 4.90 Å². The molecule has 6 heteroatoms. The van der Waals surface area contributed by atoms with Gasteiger partial charge in [-0.3, -0.25) is 9.80 Å². The highest BCUT2D eigenvalue weighted by molar-refractivity contribution is 4.78. The maximum Gasteiger partial charge on any atom is 0.401 e. The third-order valence-electron chi connectivity index (χ3n) is 3.19. The van der Waals surface area contributed by atoms with Crippen LogP contribution in [-0.2, 0) is 0 Å². The maximum absolute atomic E-state index is 12.2. The molecule has 2 N–H and O–H groups in total. The Labute approximate surface area is 101 Å². The first kappa shape index (κ1) is 14.7. The maximum atomic E-state index is 12.2. The molecule has 1 rings (SSSR count). The molecule has 1 unspecified atom stereocenters. The highest BCUT2D eigenvalue weighted by Gasteiger charge is 2.32. The molecule has 0 aromatic rings. The van der Waals surface area contributed by atoms with Crippen LogP contribution in [0.15, 0.2) is 0 Å². The summed E-state index contributed by atoms with van der Waals surface area (Å²) in [7, 11) is 0. The molecule has 0 aromatic heterocycles. The molecule has 3 nitrogen and oxygen atoms in total. The van der Waals surface area contributed by atoms with Crippen LogP contribution in [0.25, 0.3) is 0 Å². The summed E-state index contributed by atoms with van der Waals surface area (Å²) < 4.78 is 36.5. The Morgan fingerprint density at radius 2 is 1.53 bits per heavy atom. The number of alkyl halides is 3. The molecule has 0 amide bonds. The average Bonchev–Trinajstić information content (AvgIpc) is 2.18. The van der Waals surface area contributed by atoms with Crippen LogP contribution in [0.4, 0.5) is 13.2 Å². The number of nitrogens with two attached hydrogens (primary N) is 1. The van der Waals surface area contributed by atoms with Gasteiger partial charge in [-0.05, 0) is 5.92 Å². The van der Waals surface area contributed by atoms with E-state index in [1.54, 1.807) is 0 Å². The van der Waals surface area contributed by atoms with Crippen LogP contribution in [0.3, 0.4) is 0 Å². The zero-order valence-electron chi connectivity index (χ0n) is 10.5. The Morgan fingerprint density at radius 3 is 1.94 bits per heavy atom. The summed E-state index contributed by atoms with van der Waals surface area (Å²) >= 11 is 0. The number of nitrogens with zero attached hydrogens (tertiary/aromatic N) is 2. The Kier molecular flexibility index (Phi) is 5.22. The van der Waals surface area contributed by atoms with Gasteiger partial charge in [0.2, 0.25) is 0 Å². The van der Waals surface area contributed by atoms with Gasteiger partial charge in [-0.15, -0.1) is 0 Å². The minimum atomic E-state index is -4.09. The highest BCUT2D eigenvalue weighted by Crippen LogP contribution is 2.17. The third kappa shape index (κ3) is 5.70. The zero-order valence-corrected chi connectivity index (χ0v) is 10.5. The van der Waals surface area contributed by atoms with Gasteiger partial charge in [-0.1, -0.05) is 13.8 Å². The highest BCUT2D eigenvalue weighted by atomic mass is 19.4. The van der Waals surface area contributed by atoms with Crippen LogP contribution >= 0.6 is 0 Å². The van der Waals surface area contributed by atoms with E-state index in [2.05, 4.69) is 18.7 Å². The van der Waals surface area contributed by atoms with Crippen molar-refractivity contribution in [2.75, 3.05) is 39.3 Å². The zero-order chi connectivity index (χ0) is 13.1. The van der Waals surface area contributed by atoms with Gasteiger partial charge in [-0.25, -0.2) is 0 Å². The minimum absolute atomic E-state index is 0.101. The number of halogens is 3. The third-order valence-corrected chi connectivity index (χ3v) is 3.19. The minimum Gasteiger partial charge on any atom is -0.326 e. The summed E-state index contributed by atoms with van der Waals surface area (Å²) in [5.41, 5.74) is 5.95. The summed E-state index contributed by atoms with van der Waals surface area (Å²) in [5.74, 6) is 0.406. The van der Waals surface area contributed by atoms with Crippen LogP contribution in [0.5, 0.6) is 0 Å². The molecule has 0 aromatic carbocycles. The second kappa shape index (κ2) is 6.02. The van der Waals surface area contributed by atoms with Crippen molar-refractivity contribution in [1.29, 1.82) is 0 Å². The van der Waals surface area contributed by atoms with Gasteiger partial charge in [0.25, 0.3) is 0 Å². The fourth-order valence-corrected chi connectivity index (χ4v) is 1.89. The fourth-order valence-electron chi connectivity index (χ4n) is 1.89. The van der Waals surface area contributed by atoms with E-state index in [4.69, 9.17) is 5.73 Å². The Morgan fingerprint density at radius 1 is 1.06 bits per heavy atom. The molecular weight excluding hydrogens is 231 g/mol. The molecular formula is C11H22F3N3. The smallest absolute Gasteiger partial charge is 0.326 e. The molecule has 102 valence electrons. The monoisotopic (exact) mass is 253 g/mol. The molecule has 0 radical (unpaired) electrons. The van der Waals surface area contributed by atoms with Gasteiger partial charge in [0.05, 0.1) is 6.54 Å². The molecule has 17 heavy (non-hydrogen) atoms. The Hall–Kier alpha value is -0.330. The van der Waals surface area contributed by atoms with E-state index in [0.29, 0.717) is 32.1 Å². The van der Waals surface area contributed by atoms with E-state index >= 15 is 0 Å². The van der Waals surface area contributed by atoms with E-state index in [1.807, 2.05) is 0 Å². The van der Waals surface area contributed by atoms with Crippen molar-refractivity contribution in [3.63, 3.8) is 0 Å². The Bertz CT molecular complexity index is 222. The topological polar surface area (TPSA) is 32.5 Å². The largest absolute Gasteiger partial charge is 0.401 e. The molecule has 1 heterocycles. The van der Waals surface area contributed by atoms with Gasteiger partial charge < -0.3 is 5.73 Å².